The number of ether oxygens (including phenoxy) is 1. The van der Waals surface area contributed by atoms with E-state index in [-0.39, 0.29) is 11.3 Å². The minimum atomic E-state index is -0.928. The number of hydrogen-bond donors (Lipinski definition) is 2. The molecule has 0 aromatic heterocycles. The summed E-state index contributed by atoms with van der Waals surface area (Å²) in [6.45, 7) is 5.24. The van der Waals surface area contributed by atoms with Crippen LogP contribution in [0.2, 0.25) is 0 Å². The summed E-state index contributed by atoms with van der Waals surface area (Å²) in [6.07, 6.45) is -0.905. The zero-order chi connectivity index (χ0) is 13.7. The van der Waals surface area contributed by atoms with Crippen LogP contribution in [0.25, 0.3) is 0 Å². The van der Waals surface area contributed by atoms with Crippen molar-refractivity contribution in [3.63, 3.8) is 0 Å². The van der Waals surface area contributed by atoms with Crippen LogP contribution in [-0.2, 0) is 14.3 Å². The lowest BCUT2D eigenvalue weighted by atomic mass is 10.00. The van der Waals surface area contributed by atoms with Crippen LogP contribution in [0.1, 0.15) is 20.8 Å². The number of β-lactam (4-membered cyclic amide) rings is 1. The highest BCUT2D eigenvalue weighted by molar-refractivity contribution is 8.00. The lowest BCUT2D eigenvalue weighted by Crippen LogP contribution is -2.75. The molecule has 102 valence electrons. The van der Waals surface area contributed by atoms with Gasteiger partial charge in [0.1, 0.15) is 17.0 Å². The van der Waals surface area contributed by atoms with Crippen molar-refractivity contribution in [3.8, 4) is 0 Å². The molecule has 4 atom stereocenters. The summed E-state index contributed by atoms with van der Waals surface area (Å²) >= 11 is 1.39. The number of amides is 1. The SMILES string of the molecule is CC(C)(C)OC(=O)C1C(O)CS[C@H]2[C@H](N)C(=O)N12. The third-order valence-corrected chi connectivity index (χ3v) is 4.27. The van der Waals surface area contributed by atoms with E-state index in [1.165, 1.54) is 16.7 Å². The van der Waals surface area contributed by atoms with E-state index >= 15 is 0 Å². The zero-order valence-electron chi connectivity index (χ0n) is 10.6. The standard InChI is InChI=1S/C11H18N2O4S/c1-11(2,3)17-10(16)7-5(14)4-18-9-6(12)8(15)13(7)9/h5-7,9,14H,4,12H2,1-3H3/t5?,6-,7?,9+/m1/s1. The molecule has 1 amide bonds. The smallest absolute Gasteiger partial charge is 0.332 e. The number of carbonyl (C=O) groups excluding carboxylic acids is 2. The van der Waals surface area contributed by atoms with E-state index < -0.39 is 29.8 Å². The number of hydrogen-bond acceptors (Lipinski definition) is 6. The Morgan fingerprint density at radius 2 is 2.17 bits per heavy atom. The van der Waals surface area contributed by atoms with Gasteiger partial charge in [-0.15, -0.1) is 11.8 Å². The number of carbonyl (C=O) groups is 2. The second-order valence-corrected chi connectivity index (χ2v) is 6.69. The molecule has 0 aromatic rings. The first kappa shape index (κ1) is 13.6. The van der Waals surface area contributed by atoms with Crippen LogP contribution >= 0.6 is 11.8 Å². The van der Waals surface area contributed by atoms with Gasteiger partial charge < -0.3 is 20.5 Å². The summed E-state index contributed by atoms with van der Waals surface area (Å²) in [7, 11) is 0. The molecule has 0 saturated carbocycles. The van der Waals surface area contributed by atoms with Crippen LogP contribution in [0.5, 0.6) is 0 Å². The van der Waals surface area contributed by atoms with Crippen molar-refractivity contribution in [2.75, 3.05) is 5.75 Å². The van der Waals surface area contributed by atoms with Gasteiger partial charge in [0.15, 0.2) is 6.04 Å². The monoisotopic (exact) mass is 274 g/mol. The highest BCUT2D eigenvalue weighted by Crippen LogP contribution is 2.37. The third-order valence-electron chi connectivity index (χ3n) is 2.87. The van der Waals surface area contributed by atoms with Crippen LogP contribution in [0.4, 0.5) is 0 Å². The van der Waals surface area contributed by atoms with Gasteiger partial charge in [-0.05, 0) is 20.8 Å². The maximum Gasteiger partial charge on any atom is 0.332 e. The molecule has 7 heteroatoms. The molecule has 2 unspecified atom stereocenters. The molecule has 2 fully saturated rings. The second kappa shape index (κ2) is 4.40. The van der Waals surface area contributed by atoms with Gasteiger partial charge in [0, 0.05) is 5.75 Å². The molecule has 6 nitrogen and oxygen atoms in total. The lowest BCUT2D eigenvalue weighted by Gasteiger charge is -2.52. The molecule has 18 heavy (non-hydrogen) atoms. The number of thioether (sulfide) groups is 1. The van der Waals surface area contributed by atoms with E-state index in [2.05, 4.69) is 0 Å². The molecule has 0 radical (unpaired) electrons. The normalized spacial score (nSPS) is 35.8. The van der Waals surface area contributed by atoms with Crippen molar-refractivity contribution in [2.45, 2.75) is 49.9 Å². The van der Waals surface area contributed by atoms with Crippen molar-refractivity contribution in [3.05, 3.63) is 0 Å². The molecule has 2 rings (SSSR count). The predicted octanol–water partition coefficient (Wildman–Crippen LogP) is -0.700. The van der Waals surface area contributed by atoms with Crippen LogP contribution in [0.15, 0.2) is 0 Å². The summed E-state index contributed by atoms with van der Waals surface area (Å²) < 4.78 is 5.24. The van der Waals surface area contributed by atoms with Gasteiger partial charge in [-0.1, -0.05) is 0 Å². The van der Waals surface area contributed by atoms with E-state index in [9.17, 15) is 14.7 Å². The lowest BCUT2D eigenvalue weighted by molar-refractivity contribution is -0.176. The molecule has 0 bridgehead atoms. The van der Waals surface area contributed by atoms with Gasteiger partial charge in [0.25, 0.3) is 0 Å². The summed E-state index contributed by atoms with van der Waals surface area (Å²) in [4.78, 5) is 25.1. The molecular formula is C11H18N2O4S. The molecule has 0 aliphatic carbocycles. The average molecular weight is 274 g/mol. The number of rotatable bonds is 1. The van der Waals surface area contributed by atoms with Crippen LogP contribution in [0, 0.1) is 0 Å². The topological polar surface area (TPSA) is 92.9 Å². The number of nitrogens with zero attached hydrogens (tertiary/aromatic N) is 1. The van der Waals surface area contributed by atoms with Crippen molar-refractivity contribution in [2.24, 2.45) is 5.73 Å². The van der Waals surface area contributed by atoms with Gasteiger partial charge >= 0.3 is 5.97 Å². The largest absolute Gasteiger partial charge is 0.458 e. The molecule has 3 N–H and O–H groups in total. The van der Waals surface area contributed by atoms with Gasteiger partial charge in [-0.3, -0.25) is 4.79 Å². The fraction of sp³-hybridized carbons (Fsp3) is 0.818. The second-order valence-electron chi connectivity index (χ2n) is 5.54. The Morgan fingerprint density at radius 1 is 1.56 bits per heavy atom. The van der Waals surface area contributed by atoms with Gasteiger partial charge in [0.05, 0.1) is 6.10 Å². The quantitative estimate of drug-likeness (QED) is 0.485. The predicted molar refractivity (Wildman–Crippen MR) is 66.7 cm³/mol. The molecule has 2 saturated heterocycles. The van der Waals surface area contributed by atoms with Gasteiger partial charge in [-0.25, -0.2) is 4.79 Å². The summed E-state index contributed by atoms with van der Waals surface area (Å²) in [5.74, 6) is -0.492. The maximum atomic E-state index is 12.0. The Kier molecular flexibility index (Phi) is 3.33. The highest BCUT2D eigenvalue weighted by Gasteiger charge is 2.56. The first-order valence-corrected chi connectivity index (χ1v) is 6.87. The summed E-state index contributed by atoms with van der Waals surface area (Å²) in [5.41, 5.74) is 5.02. The van der Waals surface area contributed by atoms with E-state index in [0.717, 1.165) is 0 Å². The minimum Gasteiger partial charge on any atom is -0.458 e. The van der Waals surface area contributed by atoms with E-state index in [4.69, 9.17) is 10.5 Å². The molecule has 0 spiro atoms. The number of aliphatic hydroxyl groups excluding tert-OH is 1. The van der Waals surface area contributed by atoms with E-state index in [0.29, 0.717) is 5.75 Å². The number of nitrogens with two attached hydrogens (primary N) is 1. The molecule has 2 heterocycles. The van der Waals surface area contributed by atoms with Crippen LogP contribution < -0.4 is 5.73 Å². The Morgan fingerprint density at radius 3 is 2.72 bits per heavy atom. The Bertz CT molecular complexity index is 382. The van der Waals surface area contributed by atoms with E-state index in [1.54, 1.807) is 20.8 Å². The maximum absolute atomic E-state index is 12.0. The molecule has 0 aromatic carbocycles. The van der Waals surface area contributed by atoms with E-state index in [1.807, 2.05) is 0 Å². The van der Waals surface area contributed by atoms with Crippen molar-refractivity contribution >= 4 is 23.6 Å². The fourth-order valence-electron chi connectivity index (χ4n) is 2.10. The summed E-state index contributed by atoms with van der Waals surface area (Å²) in [5, 5.41) is 9.68. The minimum absolute atomic E-state index is 0.224. The first-order chi connectivity index (χ1) is 8.22. The first-order valence-electron chi connectivity index (χ1n) is 5.82. The Hall–Kier alpha value is -0.790. The fourth-order valence-corrected chi connectivity index (χ4v) is 3.39. The van der Waals surface area contributed by atoms with Gasteiger partial charge in [0.2, 0.25) is 5.91 Å². The van der Waals surface area contributed by atoms with Gasteiger partial charge in [-0.2, -0.15) is 0 Å². The number of aliphatic hydroxyl groups is 1. The molecule has 2 aliphatic heterocycles. The third kappa shape index (κ3) is 2.22. The van der Waals surface area contributed by atoms with Crippen molar-refractivity contribution in [1.29, 1.82) is 0 Å². The van der Waals surface area contributed by atoms with Crippen LogP contribution in [-0.4, -0.2) is 56.8 Å². The number of esters is 1. The zero-order valence-corrected chi connectivity index (χ0v) is 11.4. The highest BCUT2D eigenvalue weighted by atomic mass is 32.2. The Balaban J connectivity index is 2.14. The molecular weight excluding hydrogens is 256 g/mol. The molecule has 2 aliphatic rings. The number of fused-ring (bicyclic) bond motifs is 1. The van der Waals surface area contributed by atoms with Crippen molar-refractivity contribution in [1.82, 2.24) is 4.90 Å². The summed E-state index contributed by atoms with van der Waals surface area (Å²) in [6, 6.07) is -1.50. The average Bonchev–Trinajstić information content (AvgIpc) is 2.25. The van der Waals surface area contributed by atoms with Crippen LogP contribution in [0.3, 0.4) is 0 Å². The Labute approximate surface area is 110 Å². The van der Waals surface area contributed by atoms with Crippen molar-refractivity contribution < 1.29 is 19.4 Å².